The van der Waals surface area contributed by atoms with Gasteiger partial charge in [0.15, 0.2) is 0 Å². The second-order valence-electron chi connectivity index (χ2n) is 2.96. The second-order valence-corrected chi connectivity index (χ2v) is 2.96. The molecule has 0 saturated carbocycles. The first kappa shape index (κ1) is 12.7. The highest BCUT2D eigenvalue weighted by atomic mass is 19.3. The summed E-state index contributed by atoms with van der Waals surface area (Å²) in [7, 11) is 0. The zero-order valence-corrected chi connectivity index (χ0v) is 8.26. The van der Waals surface area contributed by atoms with Crippen molar-refractivity contribution in [3.8, 4) is 0 Å². The first-order valence-corrected chi connectivity index (χ1v) is 4.33. The summed E-state index contributed by atoms with van der Waals surface area (Å²) in [6, 6.07) is 0. The zero-order chi connectivity index (χ0) is 11.1. The van der Waals surface area contributed by atoms with E-state index in [1.165, 1.54) is 6.20 Å². The van der Waals surface area contributed by atoms with Gasteiger partial charge in [-0.25, -0.2) is 8.78 Å². The smallest absolute Gasteiger partial charge is 0.259 e. The molecule has 0 radical (unpaired) electrons. The van der Waals surface area contributed by atoms with Crippen LogP contribution in [0.4, 0.5) is 8.78 Å². The Kier molecular flexibility index (Phi) is 5.60. The van der Waals surface area contributed by atoms with Crippen molar-refractivity contribution in [1.82, 2.24) is 0 Å². The van der Waals surface area contributed by atoms with Gasteiger partial charge < -0.3 is 11.5 Å². The van der Waals surface area contributed by atoms with Gasteiger partial charge in [-0.05, 0) is 24.5 Å². The van der Waals surface area contributed by atoms with E-state index < -0.39 is 6.43 Å². The highest BCUT2D eigenvalue weighted by Gasteiger charge is 2.09. The fraction of sp³-hybridized carbons (Fsp3) is 0.400. The minimum absolute atomic E-state index is 0.0945. The second kappa shape index (κ2) is 6.18. The number of alkyl halides is 2. The lowest BCUT2D eigenvalue weighted by atomic mass is 10.0. The van der Waals surface area contributed by atoms with Crippen molar-refractivity contribution >= 4 is 0 Å². The SMILES string of the molecule is C=C(C/C(=C\C(N)=C/N)CC)C(F)F. The summed E-state index contributed by atoms with van der Waals surface area (Å²) < 4.78 is 24.3. The summed E-state index contributed by atoms with van der Waals surface area (Å²) in [6.45, 7) is 5.16. The van der Waals surface area contributed by atoms with Crippen LogP contribution in [0.5, 0.6) is 0 Å². The van der Waals surface area contributed by atoms with Gasteiger partial charge in [0.05, 0.1) is 0 Å². The number of halogens is 2. The molecule has 0 unspecified atom stereocenters. The predicted octanol–water partition coefficient (Wildman–Crippen LogP) is 2.29. The van der Waals surface area contributed by atoms with Gasteiger partial charge in [-0.1, -0.05) is 19.1 Å². The molecular weight excluding hydrogens is 186 g/mol. The van der Waals surface area contributed by atoms with Crippen LogP contribution in [0.1, 0.15) is 19.8 Å². The number of allylic oxidation sites excluding steroid dienone is 3. The molecule has 0 aliphatic carbocycles. The highest BCUT2D eigenvalue weighted by Crippen LogP contribution is 2.18. The highest BCUT2D eigenvalue weighted by molar-refractivity contribution is 5.23. The van der Waals surface area contributed by atoms with Crippen molar-refractivity contribution in [2.75, 3.05) is 0 Å². The van der Waals surface area contributed by atoms with Crippen LogP contribution in [-0.4, -0.2) is 6.43 Å². The molecule has 0 spiro atoms. The molecule has 0 aliphatic heterocycles. The average Bonchev–Trinajstić information content (AvgIpc) is 2.16. The normalized spacial score (nSPS) is 13.4. The number of hydrogen-bond donors (Lipinski definition) is 2. The van der Waals surface area contributed by atoms with Gasteiger partial charge in [0.25, 0.3) is 6.43 Å². The molecule has 4 N–H and O–H groups in total. The Labute approximate surface area is 83.0 Å². The van der Waals surface area contributed by atoms with Gasteiger partial charge in [-0.2, -0.15) is 0 Å². The van der Waals surface area contributed by atoms with E-state index in [4.69, 9.17) is 11.5 Å². The van der Waals surface area contributed by atoms with E-state index in [0.29, 0.717) is 12.1 Å². The predicted molar refractivity (Wildman–Crippen MR) is 54.6 cm³/mol. The van der Waals surface area contributed by atoms with E-state index in [-0.39, 0.29) is 12.0 Å². The third kappa shape index (κ3) is 4.64. The number of rotatable bonds is 5. The van der Waals surface area contributed by atoms with Crippen LogP contribution in [0.25, 0.3) is 0 Å². The molecule has 0 heterocycles. The summed E-state index contributed by atoms with van der Waals surface area (Å²) in [6.07, 6.45) is 1.19. The monoisotopic (exact) mass is 202 g/mol. The van der Waals surface area contributed by atoms with Crippen LogP contribution >= 0.6 is 0 Å². The molecule has 80 valence electrons. The molecule has 0 fully saturated rings. The van der Waals surface area contributed by atoms with Crippen molar-refractivity contribution in [2.45, 2.75) is 26.2 Å². The molecule has 0 aromatic rings. The van der Waals surface area contributed by atoms with Crippen molar-refractivity contribution < 1.29 is 8.78 Å². The maximum Gasteiger partial charge on any atom is 0.259 e. The van der Waals surface area contributed by atoms with Crippen LogP contribution in [0.2, 0.25) is 0 Å². The van der Waals surface area contributed by atoms with Crippen molar-refractivity contribution in [1.29, 1.82) is 0 Å². The molecule has 0 saturated heterocycles. The molecule has 0 amide bonds. The molecule has 0 aromatic carbocycles. The van der Waals surface area contributed by atoms with Gasteiger partial charge >= 0.3 is 0 Å². The summed E-state index contributed by atoms with van der Waals surface area (Å²) in [4.78, 5) is 0. The molecule has 0 aromatic heterocycles. The Morgan fingerprint density at radius 1 is 1.50 bits per heavy atom. The largest absolute Gasteiger partial charge is 0.403 e. The lowest BCUT2D eigenvalue weighted by molar-refractivity contribution is 0.187. The molecule has 0 atom stereocenters. The van der Waals surface area contributed by atoms with Crippen molar-refractivity contribution in [2.24, 2.45) is 11.5 Å². The van der Waals surface area contributed by atoms with Gasteiger partial charge in [-0.3, -0.25) is 0 Å². The molecule has 2 nitrogen and oxygen atoms in total. The molecule has 0 aliphatic rings. The average molecular weight is 202 g/mol. The summed E-state index contributed by atoms with van der Waals surface area (Å²) >= 11 is 0. The first-order chi connectivity index (χ1) is 6.51. The van der Waals surface area contributed by atoms with Gasteiger partial charge in [0.1, 0.15) is 0 Å². The fourth-order valence-electron chi connectivity index (χ4n) is 0.931. The quantitative estimate of drug-likeness (QED) is 0.531. The van der Waals surface area contributed by atoms with Crippen molar-refractivity contribution in [3.63, 3.8) is 0 Å². The standard InChI is InChI=1S/C10H16F2N2/c1-3-8(5-9(14)6-13)4-7(2)10(11)12/h5-6,10H,2-4,13-14H2,1H3/b8-5-,9-6+. The van der Waals surface area contributed by atoms with Gasteiger partial charge in [0.2, 0.25) is 0 Å². The third-order valence-electron chi connectivity index (χ3n) is 1.78. The van der Waals surface area contributed by atoms with Crippen molar-refractivity contribution in [3.05, 3.63) is 35.7 Å². The van der Waals surface area contributed by atoms with Crippen LogP contribution in [0.3, 0.4) is 0 Å². The third-order valence-corrected chi connectivity index (χ3v) is 1.78. The van der Waals surface area contributed by atoms with E-state index in [1.54, 1.807) is 6.08 Å². The maximum absolute atomic E-state index is 12.1. The molecule has 14 heavy (non-hydrogen) atoms. The van der Waals surface area contributed by atoms with E-state index in [2.05, 4.69) is 6.58 Å². The van der Waals surface area contributed by atoms with E-state index in [0.717, 1.165) is 5.57 Å². The molecule has 0 rings (SSSR count). The van der Waals surface area contributed by atoms with E-state index in [9.17, 15) is 8.78 Å². The minimum atomic E-state index is -2.48. The van der Waals surface area contributed by atoms with Crippen LogP contribution in [-0.2, 0) is 0 Å². The van der Waals surface area contributed by atoms with Crippen LogP contribution < -0.4 is 11.5 Å². The summed E-state index contributed by atoms with van der Waals surface area (Å²) in [5, 5.41) is 0. The number of nitrogens with two attached hydrogens (primary N) is 2. The Morgan fingerprint density at radius 2 is 2.07 bits per heavy atom. The molecule has 4 heteroatoms. The van der Waals surface area contributed by atoms with Gasteiger partial charge in [-0.15, -0.1) is 0 Å². The van der Waals surface area contributed by atoms with E-state index in [1.807, 2.05) is 6.92 Å². The number of hydrogen-bond acceptors (Lipinski definition) is 2. The molecule has 0 bridgehead atoms. The Balaban J connectivity index is 4.44. The minimum Gasteiger partial charge on any atom is -0.403 e. The van der Waals surface area contributed by atoms with Crippen LogP contribution in [0, 0.1) is 0 Å². The maximum atomic E-state index is 12.1. The lowest BCUT2D eigenvalue weighted by Gasteiger charge is -2.07. The van der Waals surface area contributed by atoms with Gasteiger partial charge in [0, 0.05) is 11.9 Å². The van der Waals surface area contributed by atoms with Crippen LogP contribution in [0.15, 0.2) is 35.7 Å². The summed E-state index contributed by atoms with van der Waals surface area (Å²) in [5.74, 6) is 0. The topological polar surface area (TPSA) is 52.0 Å². The zero-order valence-electron chi connectivity index (χ0n) is 8.26. The van der Waals surface area contributed by atoms with E-state index >= 15 is 0 Å². The first-order valence-electron chi connectivity index (χ1n) is 4.33. The summed E-state index contributed by atoms with van der Waals surface area (Å²) in [5.41, 5.74) is 11.7. The molecular formula is C10H16F2N2. The fourth-order valence-corrected chi connectivity index (χ4v) is 0.931. The lowest BCUT2D eigenvalue weighted by Crippen LogP contribution is -2.01. The Morgan fingerprint density at radius 3 is 2.43 bits per heavy atom. The Bertz CT molecular complexity index is 255. The Hall–Kier alpha value is -1.32.